The van der Waals surface area contributed by atoms with Crippen molar-refractivity contribution in [1.29, 1.82) is 0 Å². The van der Waals surface area contributed by atoms with E-state index >= 15 is 0 Å². The number of nitrogens with one attached hydrogen (secondary N) is 1. The molecule has 21 heavy (non-hydrogen) atoms. The van der Waals surface area contributed by atoms with Gasteiger partial charge in [-0.1, -0.05) is 54.1 Å². The van der Waals surface area contributed by atoms with Gasteiger partial charge >= 0.3 is 0 Å². The maximum Gasteiger partial charge on any atom is 0.107 e. The van der Waals surface area contributed by atoms with E-state index in [4.69, 9.17) is 11.6 Å². The Balaban J connectivity index is 1.79. The van der Waals surface area contributed by atoms with Crippen LogP contribution in [0.25, 0.3) is 10.8 Å². The first-order chi connectivity index (χ1) is 10.1. The monoisotopic (exact) mass is 379 g/mol. The molecule has 0 aliphatic heterocycles. The maximum absolute atomic E-state index is 6.08. The van der Waals surface area contributed by atoms with Crippen LogP contribution in [0.3, 0.4) is 0 Å². The van der Waals surface area contributed by atoms with Crippen molar-refractivity contribution in [3.05, 3.63) is 67.8 Å². The van der Waals surface area contributed by atoms with Gasteiger partial charge in [0.15, 0.2) is 0 Å². The summed E-state index contributed by atoms with van der Waals surface area (Å²) >= 11 is 11.1. The maximum atomic E-state index is 6.08. The van der Waals surface area contributed by atoms with E-state index in [-0.39, 0.29) is 6.04 Å². The Morgan fingerprint density at radius 2 is 1.95 bits per heavy atom. The van der Waals surface area contributed by atoms with Crippen molar-refractivity contribution in [2.24, 2.45) is 0 Å². The molecule has 0 aliphatic rings. The summed E-state index contributed by atoms with van der Waals surface area (Å²) in [6.45, 7) is 3.02. The minimum atomic E-state index is 0.288. The molecule has 3 aromatic rings. The molecular weight excluding hydrogens is 366 g/mol. The molecule has 1 heterocycles. The second-order valence-corrected chi connectivity index (χ2v) is 7.60. The van der Waals surface area contributed by atoms with Gasteiger partial charge in [0.1, 0.15) is 4.34 Å². The fourth-order valence-corrected chi connectivity index (χ4v) is 4.21. The Hall–Kier alpha value is -0.870. The van der Waals surface area contributed by atoms with E-state index < -0.39 is 0 Å². The lowest BCUT2D eigenvalue weighted by molar-refractivity contribution is 0.582. The van der Waals surface area contributed by atoms with Crippen LogP contribution in [0.1, 0.15) is 23.4 Å². The molecule has 2 aromatic carbocycles. The third-order valence-corrected chi connectivity index (χ3v) is 6.04. The van der Waals surface area contributed by atoms with Crippen molar-refractivity contribution in [3.63, 3.8) is 0 Å². The van der Waals surface area contributed by atoms with Crippen molar-refractivity contribution < 1.29 is 0 Å². The number of thiophene rings is 1. The molecule has 0 saturated carbocycles. The molecule has 3 rings (SSSR count). The van der Waals surface area contributed by atoms with Crippen LogP contribution in [0.2, 0.25) is 4.34 Å². The van der Waals surface area contributed by atoms with E-state index in [9.17, 15) is 0 Å². The molecule has 0 amide bonds. The average molecular weight is 381 g/mol. The predicted molar refractivity (Wildman–Crippen MR) is 96.2 cm³/mol. The van der Waals surface area contributed by atoms with Gasteiger partial charge in [0.2, 0.25) is 0 Å². The Morgan fingerprint density at radius 1 is 1.19 bits per heavy atom. The SMILES string of the molecule is CC(NCc1cc(Br)c(Cl)s1)c1cccc2ccccc12. The fraction of sp³-hybridized carbons (Fsp3) is 0.176. The molecule has 1 N–H and O–H groups in total. The first-order valence-corrected chi connectivity index (χ1v) is 8.78. The predicted octanol–water partition coefficient (Wildman–Crippen LogP) is 6.17. The average Bonchev–Trinajstić information content (AvgIpc) is 2.83. The van der Waals surface area contributed by atoms with Crippen LogP contribution in [0, 0.1) is 0 Å². The number of halogens is 2. The highest BCUT2D eigenvalue weighted by Crippen LogP contribution is 2.32. The van der Waals surface area contributed by atoms with Crippen LogP contribution >= 0.6 is 38.9 Å². The van der Waals surface area contributed by atoms with Crippen LogP contribution in [-0.2, 0) is 6.54 Å². The summed E-state index contributed by atoms with van der Waals surface area (Å²) in [5.41, 5.74) is 1.33. The second kappa shape index (κ2) is 6.49. The van der Waals surface area contributed by atoms with Crippen molar-refractivity contribution in [3.8, 4) is 0 Å². The highest BCUT2D eigenvalue weighted by molar-refractivity contribution is 9.10. The highest BCUT2D eigenvalue weighted by Gasteiger charge is 2.10. The summed E-state index contributed by atoms with van der Waals surface area (Å²) < 4.78 is 1.79. The molecule has 1 atom stereocenters. The quantitative estimate of drug-likeness (QED) is 0.571. The number of rotatable bonds is 4. The van der Waals surface area contributed by atoms with Gasteiger partial charge in [-0.05, 0) is 45.3 Å². The molecule has 0 saturated heterocycles. The van der Waals surface area contributed by atoms with Crippen LogP contribution in [0.4, 0.5) is 0 Å². The zero-order valence-electron chi connectivity index (χ0n) is 11.6. The number of hydrogen-bond donors (Lipinski definition) is 1. The summed E-state index contributed by atoms with van der Waals surface area (Å²) in [6, 6.07) is 17.3. The molecule has 0 spiro atoms. The van der Waals surface area contributed by atoms with Crippen LogP contribution in [-0.4, -0.2) is 0 Å². The number of fused-ring (bicyclic) bond motifs is 1. The molecule has 0 bridgehead atoms. The third-order valence-electron chi connectivity index (χ3n) is 3.57. The second-order valence-electron chi connectivity index (χ2n) is 5.01. The molecule has 1 aromatic heterocycles. The first-order valence-electron chi connectivity index (χ1n) is 6.80. The Morgan fingerprint density at radius 3 is 2.71 bits per heavy atom. The van der Waals surface area contributed by atoms with Gasteiger partial charge in [-0.3, -0.25) is 0 Å². The lowest BCUT2D eigenvalue weighted by atomic mass is 10.00. The molecule has 0 fully saturated rings. The van der Waals surface area contributed by atoms with Gasteiger partial charge < -0.3 is 5.32 Å². The van der Waals surface area contributed by atoms with Crippen molar-refractivity contribution in [1.82, 2.24) is 5.32 Å². The van der Waals surface area contributed by atoms with Gasteiger partial charge in [-0.2, -0.15) is 0 Å². The van der Waals surface area contributed by atoms with Gasteiger partial charge in [0.05, 0.1) is 0 Å². The number of benzene rings is 2. The molecule has 0 radical (unpaired) electrons. The van der Waals surface area contributed by atoms with E-state index in [0.29, 0.717) is 0 Å². The summed E-state index contributed by atoms with van der Waals surface area (Å²) in [7, 11) is 0. The summed E-state index contributed by atoms with van der Waals surface area (Å²) in [5.74, 6) is 0. The van der Waals surface area contributed by atoms with Crippen molar-refractivity contribution in [2.45, 2.75) is 19.5 Å². The zero-order valence-corrected chi connectivity index (χ0v) is 14.7. The molecule has 108 valence electrons. The normalized spacial score (nSPS) is 12.7. The van der Waals surface area contributed by atoms with Crippen molar-refractivity contribution >= 4 is 49.6 Å². The van der Waals surface area contributed by atoms with E-state index in [1.165, 1.54) is 21.2 Å². The van der Waals surface area contributed by atoms with Gasteiger partial charge in [0, 0.05) is 21.9 Å². The Kier molecular flexibility index (Phi) is 4.65. The Labute approximate surface area is 142 Å². The van der Waals surface area contributed by atoms with Crippen LogP contribution in [0.15, 0.2) is 53.0 Å². The Bertz CT molecular complexity index is 744. The molecular formula is C17H15BrClNS. The first kappa shape index (κ1) is 15.0. The third kappa shape index (κ3) is 3.32. The minimum Gasteiger partial charge on any atom is -0.305 e. The van der Waals surface area contributed by atoms with Crippen LogP contribution < -0.4 is 5.32 Å². The van der Waals surface area contributed by atoms with E-state index in [1.807, 2.05) is 0 Å². The largest absolute Gasteiger partial charge is 0.305 e. The summed E-state index contributed by atoms with van der Waals surface area (Å²) in [4.78, 5) is 1.24. The van der Waals surface area contributed by atoms with E-state index in [1.54, 1.807) is 11.3 Å². The molecule has 1 nitrogen and oxygen atoms in total. The molecule has 0 aliphatic carbocycles. The zero-order chi connectivity index (χ0) is 14.8. The number of hydrogen-bond acceptors (Lipinski definition) is 2. The smallest absolute Gasteiger partial charge is 0.107 e. The van der Waals surface area contributed by atoms with Gasteiger partial charge in [-0.15, -0.1) is 11.3 Å². The summed E-state index contributed by atoms with van der Waals surface area (Å²) in [6.07, 6.45) is 0. The molecule has 1 unspecified atom stereocenters. The highest BCUT2D eigenvalue weighted by atomic mass is 79.9. The van der Waals surface area contributed by atoms with E-state index in [2.05, 4.69) is 76.7 Å². The standard InChI is InChI=1S/C17H15BrClNS/c1-11(20-10-13-9-16(18)17(19)21-13)14-8-4-6-12-5-2-3-7-15(12)14/h2-9,11,20H,10H2,1H3. The minimum absolute atomic E-state index is 0.288. The van der Waals surface area contributed by atoms with E-state index in [0.717, 1.165) is 15.4 Å². The summed E-state index contributed by atoms with van der Waals surface area (Å²) in [5, 5.41) is 6.17. The lowest BCUT2D eigenvalue weighted by Crippen LogP contribution is -2.17. The fourth-order valence-electron chi connectivity index (χ4n) is 2.47. The van der Waals surface area contributed by atoms with Gasteiger partial charge in [-0.25, -0.2) is 0 Å². The molecule has 4 heteroatoms. The van der Waals surface area contributed by atoms with Crippen LogP contribution in [0.5, 0.6) is 0 Å². The topological polar surface area (TPSA) is 12.0 Å². The van der Waals surface area contributed by atoms with Crippen molar-refractivity contribution in [2.75, 3.05) is 0 Å². The van der Waals surface area contributed by atoms with Gasteiger partial charge in [0.25, 0.3) is 0 Å². The lowest BCUT2D eigenvalue weighted by Gasteiger charge is -2.16.